The van der Waals surface area contributed by atoms with Gasteiger partial charge in [-0.15, -0.1) is 0 Å². The summed E-state index contributed by atoms with van der Waals surface area (Å²) in [5.41, 5.74) is 2.98. The highest BCUT2D eigenvalue weighted by atomic mass is 79.9. The van der Waals surface area contributed by atoms with E-state index >= 15 is 0 Å². The molecule has 0 spiro atoms. The van der Waals surface area contributed by atoms with Crippen LogP contribution in [-0.2, 0) is 0 Å². The van der Waals surface area contributed by atoms with Crippen molar-refractivity contribution in [2.24, 2.45) is 5.92 Å². The van der Waals surface area contributed by atoms with Crippen molar-refractivity contribution in [3.05, 3.63) is 34.9 Å². The quantitative estimate of drug-likeness (QED) is 0.815. The van der Waals surface area contributed by atoms with Gasteiger partial charge in [0.15, 0.2) is 0 Å². The average molecular weight is 338 g/mol. The summed E-state index contributed by atoms with van der Waals surface area (Å²) in [5.74, 6) is 0.742. The van der Waals surface area contributed by atoms with E-state index < -0.39 is 0 Å². The smallest absolute Gasteiger partial charge is 0.251 e. The predicted molar refractivity (Wildman–Crippen MR) is 87.5 cm³/mol. The molecule has 2 atom stereocenters. The fourth-order valence-electron chi connectivity index (χ4n) is 3.35. The summed E-state index contributed by atoms with van der Waals surface area (Å²) < 4.78 is 0. The molecule has 110 valence electrons. The molecule has 0 aromatic heterocycles. The maximum absolute atomic E-state index is 12.6. The zero-order valence-electron chi connectivity index (χ0n) is 12.6. The number of amides is 1. The first kappa shape index (κ1) is 15.6. The van der Waals surface area contributed by atoms with Gasteiger partial charge >= 0.3 is 0 Å². The monoisotopic (exact) mass is 337 g/mol. The van der Waals surface area contributed by atoms with Crippen LogP contribution in [0.5, 0.6) is 0 Å². The Morgan fingerprint density at radius 2 is 2.00 bits per heavy atom. The Morgan fingerprint density at radius 1 is 1.35 bits per heavy atom. The normalized spacial score (nSPS) is 26.3. The Balaban J connectivity index is 2.16. The first-order chi connectivity index (χ1) is 9.44. The molecule has 1 amide bonds. The lowest BCUT2D eigenvalue weighted by Crippen LogP contribution is -2.52. The molecule has 1 fully saturated rings. The number of halogens is 1. The first-order valence-corrected chi connectivity index (χ1v) is 8.53. The minimum absolute atomic E-state index is 0.0605. The van der Waals surface area contributed by atoms with E-state index in [9.17, 15) is 4.79 Å². The van der Waals surface area contributed by atoms with Gasteiger partial charge in [-0.3, -0.25) is 4.79 Å². The van der Waals surface area contributed by atoms with Crippen LogP contribution in [0.15, 0.2) is 18.2 Å². The molecular formula is C17H24BrNO. The van der Waals surface area contributed by atoms with Gasteiger partial charge < -0.3 is 5.32 Å². The van der Waals surface area contributed by atoms with Crippen LogP contribution < -0.4 is 5.32 Å². The van der Waals surface area contributed by atoms with Crippen LogP contribution in [0.1, 0.15) is 54.1 Å². The molecule has 1 aliphatic rings. The molecular weight excluding hydrogens is 314 g/mol. The Morgan fingerprint density at radius 3 is 2.55 bits per heavy atom. The van der Waals surface area contributed by atoms with Crippen LogP contribution in [0.25, 0.3) is 0 Å². The van der Waals surface area contributed by atoms with Crippen molar-refractivity contribution in [1.82, 2.24) is 5.32 Å². The number of alkyl halides is 1. The number of rotatable bonds is 3. The van der Waals surface area contributed by atoms with Crippen LogP contribution in [-0.4, -0.2) is 16.8 Å². The zero-order chi connectivity index (χ0) is 14.8. The second kappa shape index (κ2) is 6.30. The molecule has 1 aromatic rings. The summed E-state index contributed by atoms with van der Waals surface area (Å²) in [6.45, 7) is 6.35. The van der Waals surface area contributed by atoms with Crippen molar-refractivity contribution in [2.45, 2.75) is 52.0 Å². The molecule has 2 nitrogen and oxygen atoms in total. The Bertz CT molecular complexity index is 480. The minimum Gasteiger partial charge on any atom is -0.346 e. The minimum atomic E-state index is -0.0770. The average Bonchev–Trinajstić information content (AvgIpc) is 2.37. The van der Waals surface area contributed by atoms with Gasteiger partial charge in [0, 0.05) is 10.9 Å². The number of benzene rings is 1. The number of nitrogens with one attached hydrogen (secondary N) is 1. The molecule has 2 rings (SSSR count). The molecule has 1 saturated carbocycles. The van der Waals surface area contributed by atoms with Gasteiger partial charge in [0.05, 0.1) is 5.54 Å². The fourth-order valence-corrected chi connectivity index (χ4v) is 4.00. The van der Waals surface area contributed by atoms with E-state index in [1.807, 2.05) is 26.0 Å². The van der Waals surface area contributed by atoms with Gasteiger partial charge in [-0.25, -0.2) is 0 Å². The van der Waals surface area contributed by atoms with Gasteiger partial charge in [-0.05, 0) is 44.7 Å². The summed E-state index contributed by atoms with van der Waals surface area (Å²) >= 11 is 3.61. The largest absolute Gasteiger partial charge is 0.346 e. The predicted octanol–water partition coefficient (Wildman–Crippen LogP) is 4.38. The number of aryl methyl sites for hydroxylation is 2. The maximum Gasteiger partial charge on any atom is 0.251 e. The summed E-state index contributed by atoms with van der Waals surface area (Å²) in [7, 11) is 0. The highest BCUT2D eigenvalue weighted by molar-refractivity contribution is 9.09. The molecule has 2 unspecified atom stereocenters. The highest BCUT2D eigenvalue weighted by Crippen LogP contribution is 2.33. The van der Waals surface area contributed by atoms with Gasteiger partial charge in [0.25, 0.3) is 5.91 Å². The molecule has 0 saturated heterocycles. The molecule has 3 heteroatoms. The van der Waals surface area contributed by atoms with Crippen LogP contribution in [0, 0.1) is 19.8 Å². The molecule has 20 heavy (non-hydrogen) atoms. The van der Waals surface area contributed by atoms with Gasteiger partial charge in [-0.1, -0.05) is 52.9 Å². The van der Waals surface area contributed by atoms with Crippen molar-refractivity contribution in [2.75, 3.05) is 5.33 Å². The lowest BCUT2D eigenvalue weighted by molar-refractivity contribution is 0.0869. The van der Waals surface area contributed by atoms with Crippen molar-refractivity contribution >= 4 is 21.8 Å². The number of carbonyl (C=O) groups excluding carboxylic acids is 1. The summed E-state index contributed by atoms with van der Waals surface area (Å²) in [4.78, 5) is 12.6. The van der Waals surface area contributed by atoms with Crippen LogP contribution in [0.3, 0.4) is 0 Å². The summed E-state index contributed by atoms with van der Waals surface area (Å²) in [6.07, 6.45) is 4.60. The van der Waals surface area contributed by atoms with Crippen LogP contribution in [0.4, 0.5) is 0 Å². The lowest BCUT2D eigenvalue weighted by atomic mass is 9.77. The van der Waals surface area contributed by atoms with Crippen molar-refractivity contribution in [3.8, 4) is 0 Å². The number of hydrogen-bond acceptors (Lipinski definition) is 1. The number of hydrogen-bond donors (Lipinski definition) is 1. The third-order valence-electron chi connectivity index (χ3n) is 4.21. The topological polar surface area (TPSA) is 29.1 Å². The molecule has 0 aliphatic heterocycles. The van der Waals surface area contributed by atoms with Gasteiger partial charge in [0.2, 0.25) is 0 Å². The van der Waals surface area contributed by atoms with Crippen LogP contribution in [0.2, 0.25) is 0 Å². The standard InChI is InChI=1S/C17H24BrNO/c1-12-5-4-6-17(10-12,11-18)19-16(20)15-8-13(2)7-14(3)9-15/h7-9,12H,4-6,10-11H2,1-3H3,(H,19,20). The zero-order valence-corrected chi connectivity index (χ0v) is 14.2. The Hall–Kier alpha value is -0.830. The fraction of sp³-hybridized carbons (Fsp3) is 0.588. The van der Waals surface area contributed by atoms with Gasteiger partial charge in [0.1, 0.15) is 0 Å². The molecule has 0 bridgehead atoms. The molecule has 1 N–H and O–H groups in total. The molecule has 1 aliphatic carbocycles. The first-order valence-electron chi connectivity index (χ1n) is 7.41. The van der Waals surface area contributed by atoms with Crippen molar-refractivity contribution in [3.63, 3.8) is 0 Å². The number of carbonyl (C=O) groups is 1. The Labute approximate surface area is 130 Å². The second-order valence-corrected chi connectivity index (χ2v) is 7.01. The van der Waals surface area contributed by atoms with E-state index in [0.717, 1.165) is 34.9 Å². The van der Waals surface area contributed by atoms with E-state index in [-0.39, 0.29) is 11.4 Å². The third-order valence-corrected chi connectivity index (χ3v) is 5.28. The van der Waals surface area contributed by atoms with E-state index in [1.54, 1.807) is 0 Å². The molecule has 1 aromatic carbocycles. The SMILES string of the molecule is Cc1cc(C)cc(C(=O)NC2(CBr)CCCC(C)C2)c1. The second-order valence-electron chi connectivity index (χ2n) is 6.45. The van der Waals surface area contributed by atoms with Gasteiger partial charge in [-0.2, -0.15) is 0 Å². The van der Waals surface area contributed by atoms with E-state index in [2.05, 4.69) is 34.2 Å². The summed E-state index contributed by atoms with van der Waals surface area (Å²) in [5, 5.41) is 4.13. The Kier molecular flexibility index (Phi) is 4.90. The highest BCUT2D eigenvalue weighted by Gasteiger charge is 2.35. The third kappa shape index (κ3) is 3.63. The van der Waals surface area contributed by atoms with E-state index in [4.69, 9.17) is 0 Å². The maximum atomic E-state index is 12.6. The lowest BCUT2D eigenvalue weighted by Gasteiger charge is -2.39. The van der Waals surface area contributed by atoms with Crippen molar-refractivity contribution in [1.29, 1.82) is 0 Å². The molecule has 0 heterocycles. The van der Waals surface area contributed by atoms with Crippen molar-refractivity contribution < 1.29 is 4.79 Å². The summed E-state index contributed by atoms with van der Waals surface area (Å²) in [6, 6.07) is 6.03. The van der Waals surface area contributed by atoms with Crippen LogP contribution >= 0.6 is 15.9 Å². The van der Waals surface area contributed by atoms with E-state index in [1.165, 1.54) is 12.8 Å². The molecule has 0 radical (unpaired) electrons. The van der Waals surface area contributed by atoms with E-state index in [0.29, 0.717) is 5.92 Å².